The Bertz CT molecular complexity index is 762. The van der Waals surface area contributed by atoms with E-state index in [4.69, 9.17) is 0 Å². The molecule has 1 aromatic rings. The smallest absolute Gasteiger partial charge is 0.228 e. The molecule has 3 aliphatic heterocycles. The molecule has 156 valence electrons. The minimum atomic E-state index is -0.279. The molecule has 29 heavy (non-hydrogen) atoms. The van der Waals surface area contributed by atoms with Gasteiger partial charge in [-0.1, -0.05) is 17.7 Å². The van der Waals surface area contributed by atoms with Crippen LogP contribution in [0.1, 0.15) is 44.1 Å². The lowest BCUT2D eigenvalue weighted by molar-refractivity contribution is -0.143. The minimum absolute atomic E-state index is 0.0161. The van der Waals surface area contributed by atoms with Crippen molar-refractivity contribution >= 4 is 23.4 Å². The van der Waals surface area contributed by atoms with Gasteiger partial charge in [-0.3, -0.25) is 14.4 Å². The Morgan fingerprint density at radius 3 is 2.07 bits per heavy atom. The Labute approximate surface area is 172 Å². The number of anilines is 1. The van der Waals surface area contributed by atoms with Gasteiger partial charge in [0.15, 0.2) is 0 Å². The summed E-state index contributed by atoms with van der Waals surface area (Å²) in [5.41, 5.74) is 2.01. The summed E-state index contributed by atoms with van der Waals surface area (Å²) in [6.07, 6.45) is 5.19. The largest absolute Gasteiger partial charge is 0.342 e. The Morgan fingerprint density at radius 2 is 1.41 bits per heavy atom. The second-order valence-electron chi connectivity index (χ2n) is 8.73. The molecule has 0 N–H and O–H groups in total. The van der Waals surface area contributed by atoms with Gasteiger partial charge in [0, 0.05) is 50.7 Å². The van der Waals surface area contributed by atoms with E-state index in [-0.39, 0.29) is 36.0 Å². The van der Waals surface area contributed by atoms with Gasteiger partial charge in [-0.15, -0.1) is 0 Å². The second kappa shape index (κ2) is 8.56. The van der Waals surface area contributed by atoms with Gasteiger partial charge in [0.2, 0.25) is 17.7 Å². The van der Waals surface area contributed by atoms with E-state index in [2.05, 4.69) is 0 Å². The molecule has 0 bridgehead atoms. The van der Waals surface area contributed by atoms with Crippen LogP contribution in [0, 0.1) is 18.8 Å². The van der Waals surface area contributed by atoms with Crippen molar-refractivity contribution in [3.8, 4) is 0 Å². The summed E-state index contributed by atoms with van der Waals surface area (Å²) >= 11 is 0. The molecule has 1 atom stereocenters. The fraction of sp³-hybridized carbons (Fsp3) is 0.609. The van der Waals surface area contributed by atoms with Crippen LogP contribution in [0.5, 0.6) is 0 Å². The second-order valence-corrected chi connectivity index (χ2v) is 8.73. The number of nitrogens with zero attached hydrogens (tertiary/aromatic N) is 3. The summed E-state index contributed by atoms with van der Waals surface area (Å²) in [6.45, 7) is 5.49. The lowest BCUT2D eigenvalue weighted by Crippen LogP contribution is -2.47. The first kappa shape index (κ1) is 19.9. The number of likely N-dealkylation sites (tertiary alicyclic amines) is 2. The third-order valence-electron chi connectivity index (χ3n) is 6.64. The van der Waals surface area contributed by atoms with Crippen LogP contribution in [0.3, 0.4) is 0 Å². The Kier molecular flexibility index (Phi) is 5.88. The molecule has 3 heterocycles. The van der Waals surface area contributed by atoms with Gasteiger partial charge in [0.1, 0.15) is 0 Å². The van der Waals surface area contributed by atoms with Crippen LogP contribution < -0.4 is 4.90 Å². The van der Waals surface area contributed by atoms with Gasteiger partial charge < -0.3 is 14.7 Å². The van der Waals surface area contributed by atoms with E-state index in [0.29, 0.717) is 19.6 Å². The normalized spacial score (nSPS) is 23.6. The lowest BCUT2D eigenvalue weighted by Gasteiger charge is -2.36. The van der Waals surface area contributed by atoms with Crippen molar-refractivity contribution in [2.75, 3.05) is 37.6 Å². The van der Waals surface area contributed by atoms with Crippen molar-refractivity contribution in [2.45, 2.75) is 45.4 Å². The molecule has 6 nitrogen and oxygen atoms in total. The van der Waals surface area contributed by atoms with Crippen LogP contribution >= 0.6 is 0 Å². The number of aryl methyl sites for hydroxylation is 1. The molecule has 0 unspecified atom stereocenters. The maximum absolute atomic E-state index is 13.0. The van der Waals surface area contributed by atoms with E-state index in [9.17, 15) is 14.4 Å². The number of benzene rings is 1. The first-order chi connectivity index (χ1) is 14.0. The van der Waals surface area contributed by atoms with E-state index in [0.717, 1.165) is 50.0 Å². The van der Waals surface area contributed by atoms with Crippen LogP contribution in [0.2, 0.25) is 0 Å². The summed E-state index contributed by atoms with van der Waals surface area (Å²) in [6, 6.07) is 7.86. The molecule has 4 rings (SSSR count). The van der Waals surface area contributed by atoms with Crippen molar-refractivity contribution in [3.63, 3.8) is 0 Å². The predicted molar refractivity (Wildman–Crippen MR) is 111 cm³/mol. The first-order valence-corrected chi connectivity index (χ1v) is 11.0. The highest BCUT2D eigenvalue weighted by atomic mass is 16.2. The zero-order valence-corrected chi connectivity index (χ0v) is 17.3. The standard InChI is InChI=1S/C23H31N3O3/c1-17-5-7-20(8-6-17)26-16-19(15-21(26)27)23(29)25-13-9-18(10-14-25)22(28)24-11-3-2-4-12-24/h5-8,18-19H,2-4,9-16H2,1H3/t19-/m0/s1. The van der Waals surface area contributed by atoms with Crippen LogP contribution in [0.25, 0.3) is 0 Å². The topological polar surface area (TPSA) is 60.9 Å². The summed E-state index contributed by atoms with van der Waals surface area (Å²) in [7, 11) is 0. The summed E-state index contributed by atoms with van der Waals surface area (Å²) in [5.74, 6) is 0.127. The van der Waals surface area contributed by atoms with Crippen LogP contribution in [-0.4, -0.2) is 60.2 Å². The van der Waals surface area contributed by atoms with E-state index < -0.39 is 0 Å². The van der Waals surface area contributed by atoms with E-state index in [1.165, 1.54) is 6.42 Å². The van der Waals surface area contributed by atoms with Crippen molar-refractivity contribution < 1.29 is 14.4 Å². The number of carbonyl (C=O) groups is 3. The minimum Gasteiger partial charge on any atom is -0.342 e. The van der Waals surface area contributed by atoms with Crippen molar-refractivity contribution in [2.24, 2.45) is 11.8 Å². The molecule has 1 aromatic carbocycles. The van der Waals surface area contributed by atoms with Crippen molar-refractivity contribution in [3.05, 3.63) is 29.8 Å². The number of hydrogen-bond donors (Lipinski definition) is 0. The molecule has 6 heteroatoms. The van der Waals surface area contributed by atoms with Crippen molar-refractivity contribution in [1.29, 1.82) is 0 Å². The van der Waals surface area contributed by atoms with E-state index in [1.807, 2.05) is 41.0 Å². The molecule has 3 amide bonds. The number of hydrogen-bond acceptors (Lipinski definition) is 3. The molecule has 0 radical (unpaired) electrons. The summed E-state index contributed by atoms with van der Waals surface area (Å²) in [4.78, 5) is 43.8. The van der Waals surface area contributed by atoms with Crippen LogP contribution in [0.4, 0.5) is 5.69 Å². The number of amides is 3. The number of piperidine rings is 2. The fourth-order valence-electron chi connectivity index (χ4n) is 4.82. The molecule has 0 aromatic heterocycles. The van der Waals surface area contributed by atoms with Gasteiger partial charge in [0.25, 0.3) is 0 Å². The Hall–Kier alpha value is -2.37. The quantitative estimate of drug-likeness (QED) is 0.788. The fourth-order valence-corrected chi connectivity index (χ4v) is 4.82. The van der Waals surface area contributed by atoms with Gasteiger partial charge >= 0.3 is 0 Å². The molecule has 0 aliphatic carbocycles. The zero-order chi connectivity index (χ0) is 20.4. The zero-order valence-electron chi connectivity index (χ0n) is 17.3. The average Bonchev–Trinajstić information content (AvgIpc) is 3.15. The van der Waals surface area contributed by atoms with Crippen LogP contribution in [-0.2, 0) is 14.4 Å². The average molecular weight is 398 g/mol. The number of rotatable bonds is 3. The van der Waals surface area contributed by atoms with Gasteiger partial charge in [0.05, 0.1) is 5.92 Å². The third-order valence-corrected chi connectivity index (χ3v) is 6.64. The van der Waals surface area contributed by atoms with E-state index in [1.54, 1.807) is 4.90 Å². The highest BCUT2D eigenvalue weighted by Gasteiger charge is 2.39. The van der Waals surface area contributed by atoms with Crippen LogP contribution in [0.15, 0.2) is 24.3 Å². The summed E-state index contributed by atoms with van der Waals surface area (Å²) < 4.78 is 0. The molecule has 3 saturated heterocycles. The highest BCUT2D eigenvalue weighted by Crippen LogP contribution is 2.29. The molecule has 0 saturated carbocycles. The Morgan fingerprint density at radius 1 is 0.828 bits per heavy atom. The first-order valence-electron chi connectivity index (χ1n) is 11.0. The molecule has 3 aliphatic rings. The van der Waals surface area contributed by atoms with Gasteiger partial charge in [-0.05, 0) is 51.2 Å². The van der Waals surface area contributed by atoms with Crippen molar-refractivity contribution in [1.82, 2.24) is 9.80 Å². The SMILES string of the molecule is Cc1ccc(N2C[C@@H](C(=O)N3CCC(C(=O)N4CCCCC4)CC3)CC2=O)cc1. The van der Waals surface area contributed by atoms with E-state index >= 15 is 0 Å². The van der Waals surface area contributed by atoms with Gasteiger partial charge in [-0.25, -0.2) is 0 Å². The molecular weight excluding hydrogens is 366 g/mol. The maximum Gasteiger partial charge on any atom is 0.228 e. The molecule has 0 spiro atoms. The Balaban J connectivity index is 1.31. The predicted octanol–water partition coefficient (Wildman–Crippen LogP) is 2.60. The monoisotopic (exact) mass is 397 g/mol. The highest BCUT2D eigenvalue weighted by molar-refractivity contribution is 6.00. The van der Waals surface area contributed by atoms with Gasteiger partial charge in [-0.2, -0.15) is 0 Å². The number of carbonyl (C=O) groups excluding carboxylic acids is 3. The third kappa shape index (κ3) is 4.31. The molecule has 3 fully saturated rings. The lowest BCUT2D eigenvalue weighted by atomic mass is 9.93. The summed E-state index contributed by atoms with van der Waals surface area (Å²) in [5, 5.41) is 0. The molecular formula is C23H31N3O3. The maximum atomic E-state index is 13.0.